The van der Waals surface area contributed by atoms with Gasteiger partial charge in [-0.15, -0.1) is 11.3 Å². The van der Waals surface area contributed by atoms with Gasteiger partial charge in [0.05, 0.1) is 0 Å². The van der Waals surface area contributed by atoms with E-state index in [4.69, 9.17) is 0 Å². The second-order valence-corrected chi connectivity index (χ2v) is 8.48. The van der Waals surface area contributed by atoms with Gasteiger partial charge in [0.2, 0.25) is 0 Å². The Bertz CT molecular complexity index is 842. The average molecular weight is 380 g/mol. The summed E-state index contributed by atoms with van der Waals surface area (Å²) < 4.78 is 27.0. The van der Waals surface area contributed by atoms with Gasteiger partial charge in [0.15, 0.2) is 0 Å². The Labute approximate surface area is 152 Å². The molecule has 0 aliphatic rings. The van der Waals surface area contributed by atoms with Crippen LogP contribution in [0, 0.1) is 5.92 Å². The first-order chi connectivity index (χ1) is 11.8. The molecule has 1 aromatic carbocycles. The Balaban J connectivity index is 2.03. The average Bonchev–Trinajstić information content (AvgIpc) is 3.14. The summed E-state index contributed by atoms with van der Waals surface area (Å²) in [6.45, 7) is 5.97. The maximum absolute atomic E-state index is 12.2. The van der Waals surface area contributed by atoms with Crippen molar-refractivity contribution < 1.29 is 13.2 Å². The summed E-state index contributed by atoms with van der Waals surface area (Å²) in [7, 11) is -3.59. The second-order valence-electron chi connectivity index (χ2n) is 5.62. The summed E-state index contributed by atoms with van der Waals surface area (Å²) in [6, 6.07) is 9.41. The molecule has 0 saturated heterocycles. The highest BCUT2D eigenvalue weighted by atomic mass is 32.2. The summed E-state index contributed by atoms with van der Waals surface area (Å²) in [5.41, 5.74) is 4.17. The lowest BCUT2D eigenvalue weighted by Gasteiger charge is -2.09. The van der Waals surface area contributed by atoms with Crippen molar-refractivity contribution in [3.8, 4) is 0 Å². The first-order valence-corrected chi connectivity index (χ1v) is 10.2. The number of sulfonamides is 1. The molecule has 2 aromatic rings. The zero-order chi connectivity index (χ0) is 18.4. The molecule has 0 aliphatic heterocycles. The molecule has 0 bridgehead atoms. The van der Waals surface area contributed by atoms with Crippen LogP contribution in [0.15, 0.2) is 51.1 Å². The number of benzene rings is 1. The smallest absolute Gasteiger partial charge is 0.271 e. The van der Waals surface area contributed by atoms with E-state index in [2.05, 4.69) is 22.2 Å². The van der Waals surface area contributed by atoms with Crippen LogP contribution in [0.4, 0.5) is 5.69 Å². The number of nitrogens with one attached hydrogen (secondary N) is 2. The van der Waals surface area contributed by atoms with Crippen LogP contribution in [-0.4, -0.2) is 20.0 Å². The SMILES string of the molecule is CC[C@@H](C)/C(C)=N\NC(=O)c1ccc(NS(=O)(=O)c2cccs2)cc1. The molecule has 2 N–H and O–H groups in total. The van der Waals surface area contributed by atoms with Gasteiger partial charge in [-0.2, -0.15) is 5.10 Å². The van der Waals surface area contributed by atoms with Gasteiger partial charge in [-0.3, -0.25) is 9.52 Å². The molecule has 8 heteroatoms. The van der Waals surface area contributed by atoms with Gasteiger partial charge in [-0.25, -0.2) is 13.8 Å². The predicted octanol–water partition coefficient (Wildman–Crippen LogP) is 3.70. The standard InChI is InChI=1S/C17H21N3O3S2/c1-4-12(2)13(3)18-19-17(21)14-7-9-15(10-8-14)20-25(22,23)16-6-5-11-24-16/h5-12,20H,4H2,1-3H3,(H,19,21)/b18-13-/t12-/m1/s1. The molecule has 1 heterocycles. The fourth-order valence-electron chi connectivity index (χ4n) is 1.92. The van der Waals surface area contributed by atoms with E-state index in [1.807, 2.05) is 13.8 Å². The zero-order valence-electron chi connectivity index (χ0n) is 14.3. The minimum atomic E-state index is -3.59. The number of nitrogens with zero attached hydrogens (tertiary/aromatic N) is 1. The van der Waals surface area contributed by atoms with Gasteiger partial charge >= 0.3 is 0 Å². The third-order valence-corrected chi connectivity index (χ3v) is 6.60. The highest BCUT2D eigenvalue weighted by Crippen LogP contribution is 2.20. The van der Waals surface area contributed by atoms with Crippen LogP contribution >= 0.6 is 11.3 Å². The number of amides is 1. The molecule has 25 heavy (non-hydrogen) atoms. The minimum Gasteiger partial charge on any atom is -0.279 e. The van der Waals surface area contributed by atoms with E-state index in [1.165, 1.54) is 6.07 Å². The van der Waals surface area contributed by atoms with Crippen LogP contribution in [0.3, 0.4) is 0 Å². The second kappa shape index (κ2) is 8.26. The third kappa shape index (κ3) is 5.14. The molecule has 0 spiro atoms. The largest absolute Gasteiger partial charge is 0.279 e. The van der Waals surface area contributed by atoms with Crippen molar-refractivity contribution in [1.29, 1.82) is 0 Å². The fourth-order valence-corrected chi connectivity index (χ4v) is 3.97. The zero-order valence-corrected chi connectivity index (χ0v) is 15.9. The number of carbonyl (C=O) groups excluding carboxylic acids is 1. The number of anilines is 1. The predicted molar refractivity (Wildman–Crippen MR) is 102 cm³/mol. The van der Waals surface area contributed by atoms with E-state index in [0.29, 0.717) is 17.2 Å². The van der Waals surface area contributed by atoms with Crippen molar-refractivity contribution in [3.05, 3.63) is 47.3 Å². The molecule has 1 atom stereocenters. The van der Waals surface area contributed by atoms with Gasteiger partial charge in [-0.1, -0.05) is 19.9 Å². The molecule has 6 nitrogen and oxygen atoms in total. The molecule has 0 saturated carbocycles. The normalized spacial score (nSPS) is 13.3. The number of hydrazone groups is 1. The Morgan fingerprint density at radius 2 is 1.92 bits per heavy atom. The lowest BCUT2D eigenvalue weighted by atomic mass is 10.1. The van der Waals surface area contributed by atoms with Crippen molar-refractivity contribution in [2.45, 2.75) is 31.4 Å². The summed E-state index contributed by atoms with van der Waals surface area (Å²) in [6.07, 6.45) is 0.949. The molecular weight excluding hydrogens is 358 g/mol. The van der Waals surface area contributed by atoms with Gasteiger partial charge in [-0.05, 0) is 55.0 Å². The quantitative estimate of drug-likeness (QED) is 0.568. The number of hydrogen-bond acceptors (Lipinski definition) is 5. The van der Waals surface area contributed by atoms with Gasteiger partial charge < -0.3 is 0 Å². The number of thiophene rings is 1. The Morgan fingerprint density at radius 1 is 1.24 bits per heavy atom. The molecular formula is C17H21N3O3S2. The monoisotopic (exact) mass is 379 g/mol. The van der Waals surface area contributed by atoms with Gasteiger partial charge in [0.1, 0.15) is 4.21 Å². The first kappa shape index (κ1) is 19.1. The molecule has 0 aliphatic carbocycles. The highest BCUT2D eigenvalue weighted by Gasteiger charge is 2.15. The third-order valence-electron chi connectivity index (χ3n) is 3.82. The van der Waals surface area contributed by atoms with Crippen LogP contribution in [0.25, 0.3) is 0 Å². The van der Waals surface area contributed by atoms with Crippen molar-refractivity contribution in [2.24, 2.45) is 11.0 Å². The van der Waals surface area contributed by atoms with Gasteiger partial charge in [0, 0.05) is 17.0 Å². The van der Waals surface area contributed by atoms with Gasteiger partial charge in [0.25, 0.3) is 15.9 Å². The lowest BCUT2D eigenvalue weighted by Crippen LogP contribution is -2.21. The topological polar surface area (TPSA) is 87.6 Å². The lowest BCUT2D eigenvalue weighted by molar-refractivity contribution is 0.0954. The van der Waals surface area contributed by atoms with Crippen LogP contribution in [0.2, 0.25) is 0 Å². The first-order valence-electron chi connectivity index (χ1n) is 7.84. The molecule has 2 rings (SSSR count). The number of hydrogen-bond donors (Lipinski definition) is 2. The van der Waals surface area contributed by atoms with E-state index in [1.54, 1.807) is 35.7 Å². The van der Waals surface area contributed by atoms with Crippen molar-refractivity contribution >= 4 is 38.7 Å². The summed E-state index contributed by atoms with van der Waals surface area (Å²) in [4.78, 5) is 12.1. The maximum Gasteiger partial charge on any atom is 0.271 e. The van der Waals surface area contributed by atoms with Crippen molar-refractivity contribution in [1.82, 2.24) is 5.43 Å². The molecule has 1 aromatic heterocycles. The molecule has 134 valence electrons. The molecule has 0 fully saturated rings. The van der Waals surface area contributed by atoms with E-state index < -0.39 is 10.0 Å². The summed E-state index contributed by atoms with van der Waals surface area (Å²) >= 11 is 1.14. The highest BCUT2D eigenvalue weighted by molar-refractivity contribution is 7.94. The van der Waals surface area contributed by atoms with Crippen LogP contribution in [0.5, 0.6) is 0 Å². The fraction of sp³-hybridized carbons (Fsp3) is 0.294. The number of rotatable bonds is 7. The Kier molecular flexibility index (Phi) is 6.33. The van der Waals surface area contributed by atoms with E-state index in [0.717, 1.165) is 23.5 Å². The van der Waals surface area contributed by atoms with E-state index >= 15 is 0 Å². The Hall–Kier alpha value is -2.19. The van der Waals surface area contributed by atoms with Crippen molar-refractivity contribution in [2.75, 3.05) is 4.72 Å². The van der Waals surface area contributed by atoms with E-state index in [9.17, 15) is 13.2 Å². The molecule has 0 radical (unpaired) electrons. The van der Waals surface area contributed by atoms with Crippen LogP contribution < -0.4 is 10.1 Å². The van der Waals surface area contributed by atoms with E-state index in [-0.39, 0.29) is 10.1 Å². The minimum absolute atomic E-state index is 0.240. The van der Waals surface area contributed by atoms with Crippen LogP contribution in [-0.2, 0) is 10.0 Å². The Morgan fingerprint density at radius 3 is 2.48 bits per heavy atom. The van der Waals surface area contributed by atoms with Crippen molar-refractivity contribution in [3.63, 3.8) is 0 Å². The molecule has 1 amide bonds. The summed E-state index contributed by atoms with van der Waals surface area (Å²) in [5.74, 6) is -0.0374. The summed E-state index contributed by atoms with van der Waals surface area (Å²) in [5, 5.41) is 5.79. The molecule has 0 unspecified atom stereocenters. The maximum atomic E-state index is 12.2. The van der Waals surface area contributed by atoms with Crippen LogP contribution in [0.1, 0.15) is 37.6 Å². The number of carbonyl (C=O) groups is 1.